The summed E-state index contributed by atoms with van der Waals surface area (Å²) in [5, 5.41) is 0.677. The second-order valence-corrected chi connectivity index (χ2v) is 3.61. The van der Waals surface area contributed by atoms with Crippen LogP contribution >= 0.6 is 11.6 Å². The molecule has 0 atom stereocenters. The summed E-state index contributed by atoms with van der Waals surface area (Å²) in [7, 11) is 0. The van der Waals surface area contributed by atoms with Gasteiger partial charge in [0.15, 0.2) is 5.82 Å². The molecule has 2 rings (SSSR count). The van der Waals surface area contributed by atoms with E-state index in [-0.39, 0.29) is 0 Å². The van der Waals surface area contributed by atoms with Crippen LogP contribution in [-0.2, 0) is 6.61 Å². The van der Waals surface area contributed by atoms with Crippen molar-refractivity contribution in [2.75, 3.05) is 5.73 Å². The van der Waals surface area contributed by atoms with Gasteiger partial charge in [0.05, 0.1) is 18.1 Å². The molecule has 0 aliphatic carbocycles. The van der Waals surface area contributed by atoms with E-state index in [1.54, 1.807) is 36.7 Å². The van der Waals surface area contributed by atoms with E-state index < -0.39 is 0 Å². The van der Waals surface area contributed by atoms with Crippen molar-refractivity contribution in [3.05, 3.63) is 47.5 Å². The van der Waals surface area contributed by atoms with Gasteiger partial charge in [0.25, 0.3) is 0 Å². The minimum absolute atomic E-state index is 0.307. The van der Waals surface area contributed by atoms with Crippen LogP contribution in [0, 0.1) is 0 Å². The highest BCUT2D eigenvalue weighted by Gasteiger charge is 1.98. The van der Waals surface area contributed by atoms with E-state index in [2.05, 4.69) is 9.97 Å². The lowest BCUT2D eigenvalue weighted by Crippen LogP contribution is -2.01. The smallest absolute Gasteiger partial charge is 0.166 e. The SMILES string of the molecule is Nc1cnc(COc2ccc(Cl)cc2)nc1. The zero-order chi connectivity index (χ0) is 11.4. The monoisotopic (exact) mass is 235 g/mol. The fourth-order valence-corrected chi connectivity index (χ4v) is 1.24. The molecule has 0 radical (unpaired) electrons. The van der Waals surface area contributed by atoms with Crippen molar-refractivity contribution < 1.29 is 4.74 Å². The number of anilines is 1. The largest absolute Gasteiger partial charge is 0.486 e. The first kappa shape index (κ1) is 10.7. The normalized spacial score (nSPS) is 10.1. The van der Waals surface area contributed by atoms with E-state index in [1.165, 1.54) is 0 Å². The molecule has 0 bridgehead atoms. The van der Waals surface area contributed by atoms with Gasteiger partial charge in [0.1, 0.15) is 12.4 Å². The van der Waals surface area contributed by atoms with Crippen LogP contribution in [0.2, 0.25) is 5.02 Å². The van der Waals surface area contributed by atoms with Gasteiger partial charge in [0.2, 0.25) is 0 Å². The summed E-state index contributed by atoms with van der Waals surface area (Å²) in [4.78, 5) is 8.05. The fourth-order valence-electron chi connectivity index (χ4n) is 1.12. The van der Waals surface area contributed by atoms with Gasteiger partial charge in [-0.2, -0.15) is 0 Å². The third-order valence-electron chi connectivity index (χ3n) is 1.91. The summed E-state index contributed by atoms with van der Waals surface area (Å²) in [6.45, 7) is 0.307. The van der Waals surface area contributed by atoms with Gasteiger partial charge in [-0.15, -0.1) is 0 Å². The van der Waals surface area contributed by atoms with E-state index >= 15 is 0 Å². The first-order chi connectivity index (χ1) is 7.74. The molecule has 0 amide bonds. The lowest BCUT2D eigenvalue weighted by atomic mass is 10.3. The number of hydrogen-bond donors (Lipinski definition) is 1. The summed E-state index contributed by atoms with van der Waals surface area (Å²) < 4.78 is 5.46. The molecular weight excluding hydrogens is 226 g/mol. The van der Waals surface area contributed by atoms with Crippen molar-refractivity contribution in [2.45, 2.75) is 6.61 Å². The second kappa shape index (κ2) is 4.81. The zero-order valence-corrected chi connectivity index (χ0v) is 9.19. The Labute approximate surface area is 98.0 Å². The molecule has 0 unspecified atom stereocenters. The number of ether oxygens (including phenoxy) is 1. The molecule has 4 nitrogen and oxygen atoms in total. The lowest BCUT2D eigenvalue weighted by molar-refractivity contribution is 0.296. The molecule has 0 fully saturated rings. The van der Waals surface area contributed by atoms with Gasteiger partial charge in [0, 0.05) is 5.02 Å². The number of nitrogens with two attached hydrogens (primary N) is 1. The van der Waals surface area contributed by atoms with Gasteiger partial charge in [-0.3, -0.25) is 0 Å². The molecule has 0 saturated heterocycles. The molecule has 0 aliphatic heterocycles. The predicted molar refractivity (Wildman–Crippen MR) is 62.2 cm³/mol. The standard InChI is InChI=1S/C11H10ClN3O/c12-8-1-3-10(4-2-8)16-7-11-14-5-9(13)6-15-11/h1-6H,7,13H2. The average Bonchev–Trinajstić information content (AvgIpc) is 2.30. The molecule has 0 spiro atoms. The summed E-state index contributed by atoms with van der Waals surface area (Å²) in [5.74, 6) is 1.31. The minimum atomic E-state index is 0.307. The van der Waals surface area contributed by atoms with Crippen LogP contribution in [0.5, 0.6) is 5.75 Å². The summed E-state index contributed by atoms with van der Waals surface area (Å²) in [6, 6.07) is 7.11. The van der Waals surface area contributed by atoms with Crippen LogP contribution in [0.4, 0.5) is 5.69 Å². The summed E-state index contributed by atoms with van der Waals surface area (Å²) in [5.41, 5.74) is 6.01. The fraction of sp³-hybridized carbons (Fsp3) is 0.0909. The van der Waals surface area contributed by atoms with E-state index in [4.69, 9.17) is 22.1 Å². The van der Waals surface area contributed by atoms with Crippen molar-refractivity contribution in [3.8, 4) is 5.75 Å². The third-order valence-corrected chi connectivity index (χ3v) is 2.16. The highest BCUT2D eigenvalue weighted by Crippen LogP contribution is 2.16. The number of halogens is 1. The highest BCUT2D eigenvalue weighted by molar-refractivity contribution is 6.30. The van der Waals surface area contributed by atoms with Crippen LogP contribution in [0.15, 0.2) is 36.7 Å². The maximum Gasteiger partial charge on any atom is 0.166 e. The zero-order valence-electron chi connectivity index (χ0n) is 8.43. The van der Waals surface area contributed by atoms with Crippen molar-refractivity contribution in [1.82, 2.24) is 9.97 Å². The van der Waals surface area contributed by atoms with E-state index in [1.807, 2.05) is 0 Å². The molecule has 82 valence electrons. The maximum atomic E-state index is 5.75. The maximum absolute atomic E-state index is 5.75. The lowest BCUT2D eigenvalue weighted by Gasteiger charge is -2.04. The molecule has 1 aromatic heterocycles. The molecule has 2 N–H and O–H groups in total. The Bertz CT molecular complexity index is 410. The highest BCUT2D eigenvalue weighted by atomic mass is 35.5. The van der Waals surface area contributed by atoms with Gasteiger partial charge in [-0.05, 0) is 24.3 Å². The first-order valence-corrected chi connectivity index (χ1v) is 5.06. The van der Waals surface area contributed by atoms with E-state index in [0.717, 1.165) is 5.75 Å². The Kier molecular flexibility index (Phi) is 3.22. The molecule has 0 saturated carbocycles. The number of aromatic nitrogens is 2. The molecule has 16 heavy (non-hydrogen) atoms. The number of benzene rings is 1. The van der Waals surface area contributed by atoms with Crippen molar-refractivity contribution in [2.24, 2.45) is 0 Å². The average molecular weight is 236 g/mol. The van der Waals surface area contributed by atoms with Crippen LogP contribution in [-0.4, -0.2) is 9.97 Å². The van der Waals surface area contributed by atoms with Crippen LogP contribution in [0.3, 0.4) is 0 Å². The molecule has 1 heterocycles. The van der Waals surface area contributed by atoms with Crippen molar-refractivity contribution in [1.29, 1.82) is 0 Å². The predicted octanol–water partition coefficient (Wildman–Crippen LogP) is 2.29. The Morgan fingerprint density at radius 3 is 2.38 bits per heavy atom. The number of nitrogen functional groups attached to an aromatic ring is 1. The molecular formula is C11H10ClN3O. The second-order valence-electron chi connectivity index (χ2n) is 3.18. The Morgan fingerprint density at radius 1 is 1.12 bits per heavy atom. The number of rotatable bonds is 3. The topological polar surface area (TPSA) is 61.0 Å². The number of hydrogen-bond acceptors (Lipinski definition) is 4. The molecule has 2 aromatic rings. The van der Waals surface area contributed by atoms with Crippen molar-refractivity contribution in [3.63, 3.8) is 0 Å². The Morgan fingerprint density at radius 2 is 1.75 bits per heavy atom. The molecule has 0 aliphatic rings. The van der Waals surface area contributed by atoms with Crippen LogP contribution in [0.25, 0.3) is 0 Å². The Hall–Kier alpha value is -1.81. The summed E-state index contributed by atoms with van der Waals surface area (Å²) >= 11 is 5.75. The number of nitrogens with zero attached hydrogens (tertiary/aromatic N) is 2. The third kappa shape index (κ3) is 2.84. The molecule has 1 aromatic carbocycles. The van der Waals surface area contributed by atoms with Gasteiger partial charge >= 0.3 is 0 Å². The van der Waals surface area contributed by atoms with E-state index in [0.29, 0.717) is 23.1 Å². The first-order valence-electron chi connectivity index (χ1n) is 4.69. The van der Waals surface area contributed by atoms with E-state index in [9.17, 15) is 0 Å². The quantitative estimate of drug-likeness (QED) is 0.887. The molecule has 5 heteroatoms. The Balaban J connectivity index is 1.97. The van der Waals surface area contributed by atoms with Crippen LogP contribution < -0.4 is 10.5 Å². The van der Waals surface area contributed by atoms with Crippen molar-refractivity contribution >= 4 is 17.3 Å². The van der Waals surface area contributed by atoms with Gasteiger partial charge in [-0.25, -0.2) is 9.97 Å². The summed E-state index contributed by atoms with van der Waals surface area (Å²) in [6.07, 6.45) is 3.10. The minimum Gasteiger partial charge on any atom is -0.486 e. The van der Waals surface area contributed by atoms with Crippen LogP contribution in [0.1, 0.15) is 5.82 Å². The van der Waals surface area contributed by atoms with Gasteiger partial charge < -0.3 is 10.5 Å². The van der Waals surface area contributed by atoms with Gasteiger partial charge in [-0.1, -0.05) is 11.6 Å².